The average Bonchev–Trinajstić information content (AvgIpc) is 3.09. The van der Waals surface area contributed by atoms with Crippen LogP contribution in [0.2, 0.25) is 0 Å². The van der Waals surface area contributed by atoms with Crippen molar-refractivity contribution >= 4 is 28.7 Å². The van der Waals surface area contributed by atoms with E-state index in [0.717, 1.165) is 28.1 Å². The number of para-hydroxylation sites is 2. The molecule has 3 heterocycles. The topological polar surface area (TPSA) is 92.7 Å². The van der Waals surface area contributed by atoms with E-state index in [1.165, 1.54) is 11.8 Å². The number of aromatic amines is 1. The fraction of sp³-hybridized carbons (Fsp3) is 0.368. The molecule has 1 unspecified atom stereocenters. The van der Waals surface area contributed by atoms with Gasteiger partial charge in [-0.2, -0.15) is 0 Å². The maximum Gasteiger partial charge on any atom is 0.257 e. The van der Waals surface area contributed by atoms with E-state index < -0.39 is 0 Å². The zero-order valence-electron chi connectivity index (χ0n) is 15.3. The van der Waals surface area contributed by atoms with Crippen molar-refractivity contribution in [3.63, 3.8) is 0 Å². The molecule has 1 aromatic carbocycles. The zero-order chi connectivity index (χ0) is 19.0. The number of amides is 1. The maximum absolute atomic E-state index is 12.7. The highest BCUT2D eigenvalue weighted by atomic mass is 32.2. The number of aromatic nitrogens is 4. The van der Waals surface area contributed by atoms with Crippen LogP contribution in [0, 0.1) is 12.8 Å². The standard InChI is InChI=1S/C19H21N5O2S/c1-3-13-11(2)21-19-24(18(13)26)9-12(10-27-19)17(25)20-8-16-22-14-6-4-5-7-15(14)23-16/h4-7,12H,3,8-10H2,1-2H3,(H,20,25)(H,22,23). The average molecular weight is 383 g/mol. The molecule has 1 atom stereocenters. The number of fused-ring (bicyclic) bond motifs is 2. The molecule has 0 saturated heterocycles. The van der Waals surface area contributed by atoms with Gasteiger partial charge < -0.3 is 10.3 Å². The van der Waals surface area contributed by atoms with E-state index in [1.807, 2.05) is 38.1 Å². The summed E-state index contributed by atoms with van der Waals surface area (Å²) in [5.74, 6) is 0.998. The lowest BCUT2D eigenvalue weighted by Gasteiger charge is -2.25. The molecule has 1 amide bonds. The quantitative estimate of drug-likeness (QED) is 0.673. The fourth-order valence-corrected chi connectivity index (χ4v) is 4.49. The predicted octanol–water partition coefficient (Wildman–Crippen LogP) is 2.03. The van der Waals surface area contributed by atoms with Crippen LogP contribution in [-0.4, -0.2) is 31.2 Å². The minimum atomic E-state index is -0.265. The fourth-order valence-electron chi connectivity index (χ4n) is 3.37. The van der Waals surface area contributed by atoms with Crippen LogP contribution >= 0.6 is 11.8 Å². The first-order valence-electron chi connectivity index (χ1n) is 9.01. The Bertz CT molecular complexity index is 1040. The molecular formula is C19H21N5O2S. The van der Waals surface area contributed by atoms with Gasteiger partial charge in [-0.25, -0.2) is 9.97 Å². The zero-order valence-corrected chi connectivity index (χ0v) is 16.1. The number of imidazole rings is 1. The molecule has 2 aromatic heterocycles. The third-order valence-corrected chi connectivity index (χ3v) is 5.98. The third kappa shape index (κ3) is 3.37. The number of thioether (sulfide) groups is 1. The van der Waals surface area contributed by atoms with Crippen LogP contribution in [0.3, 0.4) is 0 Å². The first-order chi connectivity index (χ1) is 13.1. The molecule has 0 fully saturated rings. The molecule has 1 aliphatic heterocycles. The number of carbonyl (C=O) groups excluding carboxylic acids is 1. The Hall–Kier alpha value is -2.61. The molecule has 140 valence electrons. The molecule has 7 nitrogen and oxygen atoms in total. The molecule has 0 aliphatic carbocycles. The monoisotopic (exact) mass is 383 g/mol. The highest BCUT2D eigenvalue weighted by molar-refractivity contribution is 7.99. The van der Waals surface area contributed by atoms with E-state index in [9.17, 15) is 9.59 Å². The summed E-state index contributed by atoms with van der Waals surface area (Å²) in [7, 11) is 0. The normalized spacial score (nSPS) is 16.3. The lowest BCUT2D eigenvalue weighted by molar-refractivity contribution is -0.125. The molecule has 0 saturated carbocycles. The maximum atomic E-state index is 12.7. The van der Waals surface area contributed by atoms with E-state index in [-0.39, 0.29) is 17.4 Å². The van der Waals surface area contributed by atoms with Gasteiger partial charge in [0.2, 0.25) is 5.91 Å². The van der Waals surface area contributed by atoms with E-state index in [0.29, 0.717) is 30.4 Å². The third-order valence-electron chi connectivity index (χ3n) is 4.84. The van der Waals surface area contributed by atoms with Crippen molar-refractivity contribution < 1.29 is 4.79 Å². The van der Waals surface area contributed by atoms with Gasteiger partial charge in [0, 0.05) is 23.6 Å². The molecule has 1 aliphatic rings. The lowest BCUT2D eigenvalue weighted by atomic mass is 10.1. The predicted molar refractivity (Wildman–Crippen MR) is 105 cm³/mol. The molecule has 4 rings (SSSR count). The van der Waals surface area contributed by atoms with Crippen molar-refractivity contribution in [1.82, 2.24) is 24.8 Å². The minimum Gasteiger partial charge on any atom is -0.349 e. The van der Waals surface area contributed by atoms with E-state index in [1.54, 1.807) is 4.57 Å². The van der Waals surface area contributed by atoms with Gasteiger partial charge in [-0.3, -0.25) is 14.2 Å². The van der Waals surface area contributed by atoms with Crippen molar-refractivity contribution in [2.75, 3.05) is 5.75 Å². The first kappa shape index (κ1) is 17.8. The van der Waals surface area contributed by atoms with Crippen molar-refractivity contribution in [2.24, 2.45) is 5.92 Å². The number of hydrogen-bond acceptors (Lipinski definition) is 5. The van der Waals surface area contributed by atoms with Gasteiger partial charge in [0.1, 0.15) is 5.82 Å². The minimum absolute atomic E-state index is 0.0257. The SMILES string of the molecule is CCc1c(C)nc2n(c1=O)CC(C(=O)NCc1nc3ccccc3[nH]1)CS2. The van der Waals surface area contributed by atoms with Gasteiger partial charge >= 0.3 is 0 Å². The Labute approximate surface area is 160 Å². The van der Waals surface area contributed by atoms with Crippen molar-refractivity contribution in [2.45, 2.75) is 38.5 Å². The van der Waals surface area contributed by atoms with Crippen LogP contribution in [-0.2, 0) is 24.3 Å². The van der Waals surface area contributed by atoms with Crippen LogP contribution in [0.5, 0.6) is 0 Å². The van der Waals surface area contributed by atoms with Crippen LogP contribution < -0.4 is 10.9 Å². The first-order valence-corrected chi connectivity index (χ1v) is 9.99. The van der Waals surface area contributed by atoms with Gasteiger partial charge in [-0.1, -0.05) is 30.8 Å². The molecule has 0 radical (unpaired) electrons. The summed E-state index contributed by atoms with van der Waals surface area (Å²) < 4.78 is 1.64. The van der Waals surface area contributed by atoms with Crippen LogP contribution in [0.1, 0.15) is 24.0 Å². The van der Waals surface area contributed by atoms with Crippen LogP contribution in [0.25, 0.3) is 11.0 Å². The number of nitrogens with zero attached hydrogens (tertiary/aromatic N) is 3. The van der Waals surface area contributed by atoms with Gasteiger partial charge in [-0.05, 0) is 25.5 Å². The summed E-state index contributed by atoms with van der Waals surface area (Å²) >= 11 is 1.47. The van der Waals surface area contributed by atoms with E-state index in [4.69, 9.17) is 0 Å². The summed E-state index contributed by atoms with van der Waals surface area (Å²) in [6.45, 7) is 4.52. The Balaban J connectivity index is 1.47. The molecule has 27 heavy (non-hydrogen) atoms. The van der Waals surface area contributed by atoms with Crippen molar-refractivity contribution in [3.05, 3.63) is 51.7 Å². The number of benzene rings is 1. The van der Waals surface area contributed by atoms with Gasteiger partial charge in [0.05, 0.1) is 23.5 Å². The second-order valence-electron chi connectivity index (χ2n) is 6.65. The number of H-pyrrole nitrogens is 1. The summed E-state index contributed by atoms with van der Waals surface area (Å²) in [6, 6.07) is 7.76. The smallest absolute Gasteiger partial charge is 0.257 e. The lowest BCUT2D eigenvalue weighted by Crippen LogP contribution is -2.40. The number of rotatable bonds is 4. The molecule has 0 bridgehead atoms. The summed E-state index contributed by atoms with van der Waals surface area (Å²) in [6.07, 6.45) is 0.644. The Morgan fingerprint density at radius 1 is 1.37 bits per heavy atom. The number of aryl methyl sites for hydroxylation is 1. The molecule has 8 heteroatoms. The molecule has 0 spiro atoms. The van der Waals surface area contributed by atoms with E-state index >= 15 is 0 Å². The largest absolute Gasteiger partial charge is 0.349 e. The Morgan fingerprint density at radius 2 is 2.19 bits per heavy atom. The number of hydrogen-bond donors (Lipinski definition) is 2. The van der Waals surface area contributed by atoms with Crippen molar-refractivity contribution in [3.8, 4) is 0 Å². The number of nitrogens with one attached hydrogen (secondary N) is 2. The van der Waals surface area contributed by atoms with Crippen molar-refractivity contribution in [1.29, 1.82) is 0 Å². The van der Waals surface area contributed by atoms with Gasteiger partial charge in [0.15, 0.2) is 5.16 Å². The van der Waals surface area contributed by atoms with Gasteiger partial charge in [-0.15, -0.1) is 0 Å². The number of carbonyl (C=O) groups is 1. The summed E-state index contributed by atoms with van der Waals surface area (Å²) in [5, 5.41) is 3.64. The second kappa shape index (κ2) is 7.19. The van der Waals surface area contributed by atoms with Crippen LogP contribution in [0.15, 0.2) is 34.2 Å². The Kier molecular flexibility index (Phi) is 4.73. The van der Waals surface area contributed by atoms with Crippen LogP contribution in [0.4, 0.5) is 0 Å². The molecule has 3 aromatic rings. The summed E-state index contributed by atoms with van der Waals surface area (Å²) in [4.78, 5) is 37.5. The van der Waals surface area contributed by atoms with E-state index in [2.05, 4.69) is 20.3 Å². The Morgan fingerprint density at radius 3 is 2.96 bits per heavy atom. The highest BCUT2D eigenvalue weighted by Crippen LogP contribution is 2.26. The molecular weight excluding hydrogens is 362 g/mol. The van der Waals surface area contributed by atoms with Gasteiger partial charge in [0.25, 0.3) is 5.56 Å². The molecule has 2 N–H and O–H groups in total. The second-order valence-corrected chi connectivity index (χ2v) is 7.64. The highest BCUT2D eigenvalue weighted by Gasteiger charge is 2.28. The summed E-state index contributed by atoms with van der Waals surface area (Å²) in [5.41, 5.74) is 3.31.